The van der Waals surface area contributed by atoms with Crippen LogP contribution in [0.5, 0.6) is 0 Å². The minimum Gasteiger partial charge on any atom is -0.465 e. The van der Waals surface area contributed by atoms with Gasteiger partial charge in [-0.25, -0.2) is 4.79 Å². The van der Waals surface area contributed by atoms with Crippen LogP contribution in [0.15, 0.2) is 42.5 Å². The summed E-state index contributed by atoms with van der Waals surface area (Å²) in [5.74, 6) is -0.792. The molecule has 154 valence electrons. The first-order chi connectivity index (χ1) is 14.0. The Hall–Kier alpha value is -2.53. The standard InChI is InChI=1S/C23H27ClN2O3/c1-16(17-6-8-18(9-7-17)23(28)29-2)22(27)25-15-19-14-20(24)10-11-21(19)26-12-4-3-5-13-26/h6-11,14,16H,3-5,12-13,15H2,1-2H3,(H,25,27). The normalized spacial score (nSPS) is 14.9. The first kappa shape index (κ1) is 21.2. The quantitative estimate of drug-likeness (QED) is 0.705. The number of hydrogen-bond acceptors (Lipinski definition) is 4. The number of methoxy groups -OCH3 is 1. The molecule has 2 aromatic rings. The van der Waals surface area contributed by atoms with Crippen LogP contribution in [-0.4, -0.2) is 32.1 Å². The number of anilines is 1. The van der Waals surface area contributed by atoms with Crippen LogP contribution >= 0.6 is 11.6 Å². The smallest absolute Gasteiger partial charge is 0.337 e. The highest BCUT2D eigenvalue weighted by molar-refractivity contribution is 6.30. The summed E-state index contributed by atoms with van der Waals surface area (Å²) >= 11 is 6.21. The van der Waals surface area contributed by atoms with Crippen LogP contribution in [-0.2, 0) is 16.1 Å². The van der Waals surface area contributed by atoms with E-state index in [2.05, 4.69) is 10.2 Å². The second-order valence-electron chi connectivity index (χ2n) is 7.37. The number of ether oxygens (including phenoxy) is 1. The second-order valence-corrected chi connectivity index (χ2v) is 7.81. The Kier molecular flexibility index (Phi) is 7.15. The summed E-state index contributed by atoms with van der Waals surface area (Å²) in [5, 5.41) is 3.70. The zero-order valence-corrected chi connectivity index (χ0v) is 17.7. The van der Waals surface area contributed by atoms with Crippen LogP contribution in [0.4, 0.5) is 5.69 Å². The summed E-state index contributed by atoms with van der Waals surface area (Å²) in [4.78, 5) is 26.6. The molecule has 29 heavy (non-hydrogen) atoms. The van der Waals surface area contributed by atoms with Gasteiger partial charge in [0.25, 0.3) is 0 Å². The second kappa shape index (κ2) is 9.79. The van der Waals surface area contributed by atoms with Gasteiger partial charge in [-0.15, -0.1) is 0 Å². The Bertz CT molecular complexity index is 861. The molecule has 0 saturated carbocycles. The lowest BCUT2D eigenvalue weighted by molar-refractivity contribution is -0.122. The molecule has 2 aromatic carbocycles. The van der Waals surface area contributed by atoms with Crippen LogP contribution in [0.3, 0.4) is 0 Å². The van der Waals surface area contributed by atoms with Gasteiger partial charge >= 0.3 is 5.97 Å². The molecule has 5 nitrogen and oxygen atoms in total. The summed E-state index contributed by atoms with van der Waals surface area (Å²) in [7, 11) is 1.35. The highest BCUT2D eigenvalue weighted by Gasteiger charge is 2.18. The van der Waals surface area contributed by atoms with E-state index in [9.17, 15) is 9.59 Å². The molecule has 1 N–H and O–H groups in total. The van der Waals surface area contributed by atoms with Gasteiger partial charge in [0.1, 0.15) is 0 Å². The summed E-state index contributed by atoms with van der Waals surface area (Å²) in [5.41, 5.74) is 3.48. The van der Waals surface area contributed by atoms with E-state index in [1.54, 1.807) is 24.3 Å². The maximum atomic E-state index is 12.7. The van der Waals surface area contributed by atoms with Crippen LogP contribution in [0.1, 0.15) is 53.6 Å². The van der Waals surface area contributed by atoms with Gasteiger partial charge in [0, 0.05) is 30.3 Å². The maximum Gasteiger partial charge on any atom is 0.337 e. The summed E-state index contributed by atoms with van der Waals surface area (Å²) < 4.78 is 4.71. The first-order valence-electron chi connectivity index (χ1n) is 9.99. The van der Waals surface area contributed by atoms with Crippen molar-refractivity contribution < 1.29 is 14.3 Å². The molecule has 1 amide bonds. The van der Waals surface area contributed by atoms with Gasteiger partial charge in [0.15, 0.2) is 0 Å². The van der Waals surface area contributed by atoms with E-state index in [0.29, 0.717) is 17.1 Å². The third-order valence-electron chi connectivity index (χ3n) is 5.42. The van der Waals surface area contributed by atoms with E-state index in [1.807, 2.05) is 25.1 Å². The monoisotopic (exact) mass is 414 g/mol. The van der Waals surface area contributed by atoms with Crippen LogP contribution in [0.25, 0.3) is 0 Å². The summed E-state index contributed by atoms with van der Waals surface area (Å²) in [6.45, 7) is 4.35. The van der Waals surface area contributed by atoms with Crippen molar-refractivity contribution in [1.82, 2.24) is 5.32 Å². The molecule has 1 unspecified atom stereocenters. The van der Waals surface area contributed by atoms with Crippen LogP contribution in [0.2, 0.25) is 5.02 Å². The van der Waals surface area contributed by atoms with Crippen molar-refractivity contribution in [1.29, 1.82) is 0 Å². The van der Waals surface area contributed by atoms with Gasteiger partial charge in [0.2, 0.25) is 5.91 Å². The van der Waals surface area contributed by atoms with Gasteiger partial charge < -0.3 is 15.0 Å². The molecule has 1 aliphatic heterocycles. The van der Waals surface area contributed by atoms with Crippen LogP contribution < -0.4 is 10.2 Å². The average molecular weight is 415 g/mol. The fraction of sp³-hybridized carbons (Fsp3) is 0.391. The fourth-order valence-corrected chi connectivity index (χ4v) is 3.85. The van der Waals surface area contributed by atoms with Gasteiger partial charge in [-0.2, -0.15) is 0 Å². The van der Waals surface area contributed by atoms with Crippen molar-refractivity contribution in [3.05, 3.63) is 64.2 Å². The number of piperidine rings is 1. The van der Waals surface area contributed by atoms with Gasteiger partial charge in [0.05, 0.1) is 18.6 Å². The Morgan fingerprint density at radius 2 is 1.79 bits per heavy atom. The molecule has 0 aromatic heterocycles. The molecule has 6 heteroatoms. The number of amides is 1. The lowest BCUT2D eigenvalue weighted by Gasteiger charge is -2.31. The average Bonchev–Trinajstić information content (AvgIpc) is 2.77. The molecule has 0 bridgehead atoms. The molecular weight excluding hydrogens is 388 g/mol. The molecule has 1 aliphatic rings. The number of nitrogens with zero attached hydrogens (tertiary/aromatic N) is 1. The number of benzene rings is 2. The molecule has 0 radical (unpaired) electrons. The van der Waals surface area contributed by atoms with Gasteiger partial charge in [-0.05, 0) is 67.6 Å². The van der Waals surface area contributed by atoms with E-state index in [4.69, 9.17) is 16.3 Å². The zero-order chi connectivity index (χ0) is 20.8. The Balaban J connectivity index is 1.67. The van der Waals surface area contributed by atoms with Crippen molar-refractivity contribution >= 4 is 29.2 Å². The Morgan fingerprint density at radius 3 is 2.45 bits per heavy atom. The van der Waals surface area contributed by atoms with Crippen LogP contribution in [0, 0.1) is 0 Å². The number of esters is 1. The lowest BCUT2D eigenvalue weighted by Crippen LogP contribution is -2.32. The molecule has 0 aliphatic carbocycles. The number of carbonyl (C=O) groups excluding carboxylic acids is 2. The van der Waals surface area contributed by atoms with Crippen molar-refractivity contribution in [3.8, 4) is 0 Å². The number of hydrogen-bond donors (Lipinski definition) is 1. The molecule has 1 heterocycles. The van der Waals surface area contributed by atoms with E-state index >= 15 is 0 Å². The van der Waals surface area contributed by atoms with Crippen molar-refractivity contribution in [2.75, 3.05) is 25.1 Å². The molecule has 1 saturated heterocycles. The number of halogens is 1. The lowest BCUT2D eigenvalue weighted by atomic mass is 9.99. The number of carbonyl (C=O) groups is 2. The van der Waals surface area contributed by atoms with Crippen molar-refractivity contribution in [3.63, 3.8) is 0 Å². The fourth-order valence-electron chi connectivity index (χ4n) is 3.65. The molecule has 1 atom stereocenters. The number of rotatable bonds is 6. The Labute approximate surface area is 177 Å². The minimum absolute atomic E-state index is 0.0691. The van der Waals surface area contributed by atoms with Gasteiger partial charge in [-0.1, -0.05) is 23.7 Å². The minimum atomic E-state index is -0.389. The van der Waals surface area contributed by atoms with E-state index in [1.165, 1.54) is 26.4 Å². The third kappa shape index (κ3) is 5.30. The zero-order valence-electron chi connectivity index (χ0n) is 16.9. The van der Waals surface area contributed by atoms with Crippen molar-refractivity contribution in [2.24, 2.45) is 0 Å². The van der Waals surface area contributed by atoms with Crippen molar-refractivity contribution in [2.45, 2.75) is 38.6 Å². The SMILES string of the molecule is COC(=O)c1ccc(C(C)C(=O)NCc2cc(Cl)ccc2N2CCCCC2)cc1. The van der Waals surface area contributed by atoms with E-state index in [0.717, 1.165) is 29.9 Å². The molecular formula is C23H27ClN2O3. The topological polar surface area (TPSA) is 58.6 Å². The molecule has 1 fully saturated rings. The third-order valence-corrected chi connectivity index (χ3v) is 5.65. The molecule has 3 rings (SSSR count). The predicted octanol–water partition coefficient (Wildman–Crippen LogP) is 4.54. The number of nitrogens with one attached hydrogen (secondary N) is 1. The molecule has 0 spiro atoms. The maximum absolute atomic E-state index is 12.7. The first-order valence-corrected chi connectivity index (χ1v) is 10.4. The summed E-state index contributed by atoms with van der Waals surface area (Å²) in [6, 6.07) is 12.8. The summed E-state index contributed by atoms with van der Waals surface area (Å²) in [6.07, 6.45) is 3.64. The highest BCUT2D eigenvalue weighted by atomic mass is 35.5. The predicted molar refractivity (Wildman–Crippen MR) is 116 cm³/mol. The highest BCUT2D eigenvalue weighted by Crippen LogP contribution is 2.27. The largest absolute Gasteiger partial charge is 0.465 e. The van der Waals surface area contributed by atoms with E-state index in [-0.39, 0.29) is 17.8 Å². The van der Waals surface area contributed by atoms with E-state index < -0.39 is 0 Å². The van der Waals surface area contributed by atoms with Gasteiger partial charge in [-0.3, -0.25) is 4.79 Å². The Morgan fingerprint density at radius 1 is 1.10 bits per heavy atom.